The van der Waals surface area contributed by atoms with Crippen molar-refractivity contribution in [3.05, 3.63) is 35.8 Å². The third kappa shape index (κ3) is 1.07. The molecule has 0 fully saturated rings. The number of primary amides is 1. The van der Waals surface area contributed by atoms with Crippen LogP contribution in [0.2, 0.25) is 0 Å². The van der Waals surface area contributed by atoms with E-state index in [9.17, 15) is 4.79 Å². The predicted molar refractivity (Wildman–Crippen MR) is 48.4 cm³/mol. The van der Waals surface area contributed by atoms with E-state index >= 15 is 0 Å². The van der Waals surface area contributed by atoms with Gasteiger partial charge in [-0.15, -0.1) is 0 Å². The summed E-state index contributed by atoms with van der Waals surface area (Å²) in [6.45, 7) is 1.94. The lowest BCUT2D eigenvalue weighted by molar-refractivity contribution is 0.100. The summed E-state index contributed by atoms with van der Waals surface area (Å²) in [7, 11) is 0. The summed E-state index contributed by atoms with van der Waals surface area (Å²) in [4.78, 5) is 15.0. The number of hydrogen-bond acceptors (Lipinski definition) is 2. The molecule has 0 aliphatic rings. The van der Waals surface area contributed by atoms with Gasteiger partial charge in [0.15, 0.2) is 0 Å². The third-order valence-electron chi connectivity index (χ3n) is 2.02. The number of aryl methyl sites for hydroxylation is 1. The lowest BCUT2D eigenvalue weighted by Gasteiger charge is -1.98. The lowest BCUT2D eigenvalue weighted by Crippen LogP contribution is -2.11. The number of rotatable bonds is 1. The molecule has 2 rings (SSSR count). The van der Waals surface area contributed by atoms with E-state index in [2.05, 4.69) is 4.98 Å². The summed E-state index contributed by atoms with van der Waals surface area (Å²) in [6.07, 6.45) is 3.45. The van der Waals surface area contributed by atoms with Gasteiger partial charge in [-0.25, -0.2) is 4.98 Å². The van der Waals surface area contributed by atoms with Crippen molar-refractivity contribution in [3.8, 4) is 0 Å². The van der Waals surface area contributed by atoms with Crippen LogP contribution in [-0.4, -0.2) is 15.3 Å². The molecule has 0 atom stereocenters. The van der Waals surface area contributed by atoms with Gasteiger partial charge in [0.05, 0.1) is 5.56 Å². The van der Waals surface area contributed by atoms with E-state index in [0.29, 0.717) is 11.2 Å². The Hall–Kier alpha value is -1.84. The quantitative estimate of drug-likeness (QED) is 0.694. The molecule has 0 aromatic carbocycles. The average Bonchev–Trinajstić information content (AvgIpc) is 2.48. The van der Waals surface area contributed by atoms with Crippen LogP contribution < -0.4 is 5.73 Å². The number of nitrogens with zero attached hydrogens (tertiary/aromatic N) is 2. The number of fused-ring (bicyclic) bond motifs is 1. The first-order valence-corrected chi connectivity index (χ1v) is 3.92. The Morgan fingerprint density at radius 1 is 1.54 bits per heavy atom. The maximum absolute atomic E-state index is 11.0. The zero-order valence-electron chi connectivity index (χ0n) is 7.19. The molecule has 0 unspecified atom stereocenters. The summed E-state index contributed by atoms with van der Waals surface area (Å²) < 4.78 is 1.83. The van der Waals surface area contributed by atoms with Crippen molar-refractivity contribution in [2.75, 3.05) is 0 Å². The topological polar surface area (TPSA) is 60.4 Å². The molecule has 0 saturated heterocycles. The average molecular weight is 175 g/mol. The molecule has 0 aliphatic heterocycles. The molecule has 4 heteroatoms. The smallest absolute Gasteiger partial charge is 0.252 e. The second kappa shape index (κ2) is 2.58. The van der Waals surface area contributed by atoms with Crippen molar-refractivity contribution >= 4 is 11.6 Å². The molecule has 66 valence electrons. The largest absolute Gasteiger partial charge is 0.365 e. The fourth-order valence-corrected chi connectivity index (χ4v) is 1.33. The standard InChI is InChI=1S/C9H9N3O/c1-6-2-4-11-9-7(8(10)13)3-5-12(6)9/h2-5H,1H3,(H2,10,13). The van der Waals surface area contributed by atoms with Crippen LogP contribution in [0.25, 0.3) is 5.65 Å². The van der Waals surface area contributed by atoms with Gasteiger partial charge in [-0.1, -0.05) is 0 Å². The summed E-state index contributed by atoms with van der Waals surface area (Å²) in [6, 6.07) is 3.55. The zero-order valence-corrected chi connectivity index (χ0v) is 7.19. The highest BCUT2D eigenvalue weighted by Crippen LogP contribution is 2.10. The second-order valence-electron chi connectivity index (χ2n) is 2.87. The van der Waals surface area contributed by atoms with Crippen LogP contribution in [0.3, 0.4) is 0 Å². The van der Waals surface area contributed by atoms with E-state index in [1.807, 2.05) is 17.4 Å². The number of nitrogens with two attached hydrogens (primary N) is 1. The van der Waals surface area contributed by atoms with Crippen LogP contribution in [0.4, 0.5) is 0 Å². The van der Waals surface area contributed by atoms with Crippen LogP contribution in [-0.2, 0) is 0 Å². The number of carbonyl (C=O) groups is 1. The number of hydrogen-bond donors (Lipinski definition) is 1. The van der Waals surface area contributed by atoms with E-state index in [4.69, 9.17) is 5.73 Å². The molecule has 0 radical (unpaired) electrons. The summed E-state index contributed by atoms with van der Waals surface area (Å²) >= 11 is 0. The predicted octanol–water partition coefficient (Wildman–Crippen LogP) is 0.742. The van der Waals surface area contributed by atoms with Crippen molar-refractivity contribution in [1.82, 2.24) is 9.38 Å². The Kier molecular flexibility index (Phi) is 1.55. The van der Waals surface area contributed by atoms with Gasteiger partial charge in [0.25, 0.3) is 5.91 Å². The molecular formula is C9H9N3O. The summed E-state index contributed by atoms with van der Waals surface area (Å²) in [5, 5.41) is 0. The van der Waals surface area contributed by atoms with Gasteiger partial charge in [-0.3, -0.25) is 4.79 Å². The third-order valence-corrected chi connectivity index (χ3v) is 2.02. The highest BCUT2D eigenvalue weighted by atomic mass is 16.1. The number of aromatic nitrogens is 2. The van der Waals surface area contributed by atoms with Crippen molar-refractivity contribution in [1.29, 1.82) is 0 Å². The first-order valence-electron chi connectivity index (χ1n) is 3.92. The highest BCUT2D eigenvalue weighted by molar-refractivity contribution is 5.98. The van der Waals surface area contributed by atoms with Gasteiger partial charge in [0, 0.05) is 18.1 Å². The first-order chi connectivity index (χ1) is 6.20. The van der Waals surface area contributed by atoms with Crippen LogP contribution in [0.15, 0.2) is 24.5 Å². The van der Waals surface area contributed by atoms with Crippen LogP contribution in [0.5, 0.6) is 0 Å². The van der Waals surface area contributed by atoms with Crippen molar-refractivity contribution in [2.24, 2.45) is 5.73 Å². The Morgan fingerprint density at radius 2 is 2.31 bits per heavy atom. The zero-order chi connectivity index (χ0) is 9.42. The Balaban J connectivity index is 2.83. The fraction of sp³-hybridized carbons (Fsp3) is 0.111. The normalized spacial score (nSPS) is 10.5. The molecule has 0 aliphatic carbocycles. The Labute approximate surface area is 75.0 Å². The highest BCUT2D eigenvalue weighted by Gasteiger charge is 2.08. The van der Waals surface area contributed by atoms with Crippen LogP contribution >= 0.6 is 0 Å². The summed E-state index contributed by atoms with van der Waals surface area (Å²) in [5.41, 5.74) is 7.29. The summed E-state index contributed by atoms with van der Waals surface area (Å²) in [5.74, 6) is -0.444. The minimum atomic E-state index is -0.444. The fourth-order valence-electron chi connectivity index (χ4n) is 1.33. The van der Waals surface area contributed by atoms with Crippen molar-refractivity contribution in [3.63, 3.8) is 0 Å². The van der Waals surface area contributed by atoms with E-state index in [0.717, 1.165) is 5.69 Å². The molecule has 4 nitrogen and oxygen atoms in total. The van der Waals surface area contributed by atoms with Gasteiger partial charge in [0.2, 0.25) is 0 Å². The minimum Gasteiger partial charge on any atom is -0.365 e. The molecule has 2 aromatic heterocycles. The molecule has 0 bridgehead atoms. The van der Waals surface area contributed by atoms with Crippen LogP contribution in [0, 0.1) is 6.92 Å². The monoisotopic (exact) mass is 175 g/mol. The Bertz CT molecular complexity index is 473. The van der Waals surface area contributed by atoms with Gasteiger partial charge >= 0.3 is 0 Å². The second-order valence-corrected chi connectivity index (χ2v) is 2.87. The maximum Gasteiger partial charge on any atom is 0.252 e. The SMILES string of the molecule is Cc1ccnc2c(C(N)=O)ccn12. The van der Waals surface area contributed by atoms with Crippen molar-refractivity contribution < 1.29 is 4.79 Å². The van der Waals surface area contributed by atoms with E-state index in [-0.39, 0.29) is 0 Å². The number of carbonyl (C=O) groups excluding carboxylic acids is 1. The maximum atomic E-state index is 11.0. The molecular weight excluding hydrogens is 166 g/mol. The molecule has 2 heterocycles. The lowest BCUT2D eigenvalue weighted by atomic mass is 10.3. The van der Waals surface area contributed by atoms with E-state index in [1.165, 1.54) is 0 Å². The first kappa shape index (κ1) is 7.79. The molecule has 0 spiro atoms. The van der Waals surface area contributed by atoms with Crippen LogP contribution in [0.1, 0.15) is 16.1 Å². The molecule has 2 aromatic rings. The van der Waals surface area contributed by atoms with Gasteiger partial charge in [-0.2, -0.15) is 0 Å². The van der Waals surface area contributed by atoms with Gasteiger partial charge in [0.1, 0.15) is 5.65 Å². The molecule has 1 amide bonds. The molecule has 13 heavy (non-hydrogen) atoms. The minimum absolute atomic E-state index is 0.444. The van der Waals surface area contributed by atoms with E-state index in [1.54, 1.807) is 18.5 Å². The number of amides is 1. The molecule has 2 N–H and O–H groups in total. The van der Waals surface area contributed by atoms with Gasteiger partial charge < -0.3 is 10.1 Å². The van der Waals surface area contributed by atoms with Gasteiger partial charge in [-0.05, 0) is 19.1 Å². The van der Waals surface area contributed by atoms with Crippen molar-refractivity contribution in [2.45, 2.75) is 6.92 Å². The molecule has 0 saturated carbocycles. The van der Waals surface area contributed by atoms with E-state index < -0.39 is 5.91 Å². The Morgan fingerprint density at radius 3 is 3.00 bits per heavy atom.